The average molecular weight is 340 g/mol. The SMILES string of the molecule is Oc1ccc([C@@H](O)CN2C[C@H]3C[C@H](Oc4ccccc4)C[C@H]3C2)nc1. The van der Waals surface area contributed by atoms with Gasteiger partial charge in [0.1, 0.15) is 17.6 Å². The Bertz CT molecular complexity index is 678. The van der Waals surface area contributed by atoms with Crippen LogP contribution < -0.4 is 4.74 Å². The van der Waals surface area contributed by atoms with Gasteiger partial charge >= 0.3 is 0 Å². The molecular weight excluding hydrogens is 316 g/mol. The molecule has 2 aliphatic rings. The van der Waals surface area contributed by atoms with Crippen LogP contribution in [0.1, 0.15) is 24.6 Å². The molecule has 2 aromatic rings. The summed E-state index contributed by atoms with van der Waals surface area (Å²) < 4.78 is 6.11. The summed E-state index contributed by atoms with van der Waals surface area (Å²) in [5.74, 6) is 2.37. The quantitative estimate of drug-likeness (QED) is 0.876. The number of fused-ring (bicyclic) bond motifs is 1. The zero-order valence-corrected chi connectivity index (χ0v) is 14.2. The lowest BCUT2D eigenvalue weighted by molar-refractivity contribution is 0.113. The van der Waals surface area contributed by atoms with Gasteiger partial charge in [-0.1, -0.05) is 18.2 Å². The van der Waals surface area contributed by atoms with Gasteiger partial charge in [-0.25, -0.2) is 0 Å². The molecule has 25 heavy (non-hydrogen) atoms. The number of aliphatic hydroxyl groups is 1. The molecule has 4 atom stereocenters. The second kappa shape index (κ2) is 7.02. The van der Waals surface area contributed by atoms with Crippen LogP contribution >= 0.6 is 0 Å². The maximum atomic E-state index is 10.4. The summed E-state index contributed by atoms with van der Waals surface area (Å²) in [6.07, 6.45) is 3.25. The van der Waals surface area contributed by atoms with E-state index in [0.717, 1.165) is 31.7 Å². The predicted molar refractivity (Wildman–Crippen MR) is 94.4 cm³/mol. The van der Waals surface area contributed by atoms with Crippen molar-refractivity contribution < 1.29 is 14.9 Å². The Balaban J connectivity index is 1.28. The Labute approximate surface area is 147 Å². The fourth-order valence-corrected chi connectivity index (χ4v) is 4.21. The van der Waals surface area contributed by atoms with Gasteiger partial charge in [-0.15, -0.1) is 0 Å². The number of benzene rings is 1. The minimum atomic E-state index is -0.615. The normalized spacial score (nSPS) is 27.2. The number of nitrogens with zero attached hydrogens (tertiary/aromatic N) is 2. The minimum absolute atomic E-state index is 0.121. The second-order valence-corrected chi connectivity index (χ2v) is 7.22. The topological polar surface area (TPSA) is 65.8 Å². The number of aromatic hydroxyl groups is 1. The first kappa shape index (κ1) is 16.4. The van der Waals surface area contributed by atoms with Gasteiger partial charge < -0.3 is 14.9 Å². The van der Waals surface area contributed by atoms with Gasteiger partial charge in [-0.3, -0.25) is 9.88 Å². The first-order valence-corrected chi connectivity index (χ1v) is 8.94. The molecule has 0 spiro atoms. The number of pyridine rings is 1. The first-order valence-electron chi connectivity index (χ1n) is 8.94. The van der Waals surface area contributed by atoms with Crippen molar-refractivity contribution in [1.82, 2.24) is 9.88 Å². The van der Waals surface area contributed by atoms with Crippen molar-refractivity contribution in [3.63, 3.8) is 0 Å². The number of β-amino-alcohol motifs (C(OH)–C–C–N with tert-alkyl or cyclic N) is 1. The summed E-state index contributed by atoms with van der Waals surface area (Å²) in [4.78, 5) is 6.43. The van der Waals surface area contributed by atoms with Crippen LogP contribution in [0.2, 0.25) is 0 Å². The number of para-hydroxylation sites is 1. The third kappa shape index (κ3) is 3.78. The number of likely N-dealkylation sites (tertiary alicyclic amines) is 1. The number of ether oxygens (including phenoxy) is 1. The van der Waals surface area contributed by atoms with Gasteiger partial charge in [0.15, 0.2) is 0 Å². The number of hydrogen-bond acceptors (Lipinski definition) is 5. The van der Waals surface area contributed by atoms with Gasteiger partial charge in [0.05, 0.1) is 18.0 Å². The Morgan fingerprint density at radius 3 is 2.44 bits per heavy atom. The van der Waals surface area contributed by atoms with Crippen molar-refractivity contribution in [3.8, 4) is 11.5 Å². The molecule has 1 saturated carbocycles. The highest BCUT2D eigenvalue weighted by Crippen LogP contribution is 2.40. The summed E-state index contributed by atoms with van der Waals surface area (Å²) in [6.45, 7) is 2.61. The highest BCUT2D eigenvalue weighted by Gasteiger charge is 2.42. The zero-order valence-electron chi connectivity index (χ0n) is 14.2. The van der Waals surface area contributed by atoms with Crippen molar-refractivity contribution in [2.75, 3.05) is 19.6 Å². The van der Waals surface area contributed by atoms with E-state index in [4.69, 9.17) is 4.74 Å². The molecule has 5 nitrogen and oxygen atoms in total. The highest BCUT2D eigenvalue weighted by molar-refractivity contribution is 5.22. The standard InChI is InChI=1S/C20H24N2O3/c23-16-6-7-19(21-10-16)20(24)13-22-11-14-8-18(9-15(14)12-22)25-17-4-2-1-3-5-17/h1-7,10,14-15,18,20,23-24H,8-9,11-13H2/t14-,15+,18+,20-/m0/s1. The van der Waals surface area contributed by atoms with Crippen LogP contribution in [0.4, 0.5) is 0 Å². The summed E-state index contributed by atoms with van der Waals surface area (Å²) in [5.41, 5.74) is 0.611. The van der Waals surface area contributed by atoms with E-state index in [9.17, 15) is 10.2 Å². The van der Waals surface area contributed by atoms with E-state index in [1.54, 1.807) is 12.1 Å². The van der Waals surface area contributed by atoms with Gasteiger partial charge in [-0.2, -0.15) is 0 Å². The highest BCUT2D eigenvalue weighted by atomic mass is 16.5. The van der Waals surface area contributed by atoms with Crippen LogP contribution in [0.15, 0.2) is 48.7 Å². The molecule has 0 amide bonds. The lowest BCUT2D eigenvalue weighted by Gasteiger charge is -2.22. The molecule has 2 fully saturated rings. The van der Waals surface area contributed by atoms with Crippen molar-refractivity contribution >= 4 is 0 Å². The fraction of sp³-hybridized carbons (Fsp3) is 0.450. The zero-order chi connectivity index (χ0) is 17.2. The van der Waals surface area contributed by atoms with E-state index in [1.807, 2.05) is 30.3 Å². The largest absolute Gasteiger partial charge is 0.506 e. The molecule has 4 rings (SSSR count). The molecule has 1 aliphatic carbocycles. The van der Waals surface area contributed by atoms with E-state index in [-0.39, 0.29) is 5.75 Å². The third-order valence-corrected chi connectivity index (χ3v) is 5.37. The molecule has 0 radical (unpaired) electrons. The molecule has 1 aliphatic heterocycles. The van der Waals surface area contributed by atoms with Gasteiger partial charge in [0.25, 0.3) is 0 Å². The Kier molecular flexibility index (Phi) is 4.59. The van der Waals surface area contributed by atoms with Crippen LogP contribution in [-0.2, 0) is 0 Å². The van der Waals surface area contributed by atoms with Crippen LogP contribution in [-0.4, -0.2) is 45.8 Å². The fourth-order valence-electron chi connectivity index (χ4n) is 4.21. The molecule has 0 unspecified atom stereocenters. The average Bonchev–Trinajstić information content (AvgIpc) is 3.14. The summed E-state index contributed by atoms with van der Waals surface area (Å²) in [6, 6.07) is 13.3. The minimum Gasteiger partial charge on any atom is -0.506 e. The smallest absolute Gasteiger partial charge is 0.133 e. The molecule has 1 aromatic heterocycles. The summed E-state index contributed by atoms with van der Waals surface area (Å²) in [7, 11) is 0. The Morgan fingerprint density at radius 1 is 1.08 bits per heavy atom. The van der Waals surface area contributed by atoms with Gasteiger partial charge in [-0.05, 0) is 48.9 Å². The molecule has 132 valence electrons. The van der Waals surface area contributed by atoms with Gasteiger partial charge in [0.2, 0.25) is 0 Å². The van der Waals surface area contributed by atoms with E-state index in [0.29, 0.717) is 30.2 Å². The lowest BCUT2D eigenvalue weighted by atomic mass is 10.0. The van der Waals surface area contributed by atoms with Crippen molar-refractivity contribution in [3.05, 3.63) is 54.4 Å². The lowest BCUT2D eigenvalue weighted by Crippen LogP contribution is -2.29. The van der Waals surface area contributed by atoms with Crippen molar-refractivity contribution in [1.29, 1.82) is 0 Å². The van der Waals surface area contributed by atoms with Gasteiger partial charge in [0, 0.05) is 19.6 Å². The maximum Gasteiger partial charge on any atom is 0.133 e. The number of hydrogen-bond donors (Lipinski definition) is 2. The van der Waals surface area contributed by atoms with Crippen LogP contribution in [0.25, 0.3) is 0 Å². The molecule has 0 bridgehead atoms. The monoisotopic (exact) mass is 340 g/mol. The molecular formula is C20H24N2O3. The maximum absolute atomic E-state index is 10.4. The molecule has 5 heteroatoms. The van der Waals surface area contributed by atoms with E-state index in [2.05, 4.69) is 9.88 Å². The van der Waals surface area contributed by atoms with Crippen molar-refractivity contribution in [2.45, 2.75) is 25.0 Å². The predicted octanol–water partition coefficient (Wildman–Crippen LogP) is 2.61. The second-order valence-electron chi connectivity index (χ2n) is 7.22. The van der Waals surface area contributed by atoms with E-state index < -0.39 is 6.10 Å². The van der Waals surface area contributed by atoms with E-state index in [1.165, 1.54) is 6.20 Å². The summed E-state index contributed by atoms with van der Waals surface area (Å²) in [5, 5.41) is 19.7. The summed E-state index contributed by atoms with van der Waals surface area (Å²) >= 11 is 0. The van der Waals surface area contributed by atoms with Crippen molar-refractivity contribution in [2.24, 2.45) is 11.8 Å². The first-order chi connectivity index (χ1) is 12.2. The molecule has 1 aromatic carbocycles. The number of aromatic nitrogens is 1. The molecule has 2 N–H and O–H groups in total. The molecule has 2 heterocycles. The number of rotatable bonds is 5. The van der Waals surface area contributed by atoms with Crippen LogP contribution in [0.3, 0.4) is 0 Å². The van der Waals surface area contributed by atoms with Crippen LogP contribution in [0, 0.1) is 11.8 Å². The Morgan fingerprint density at radius 2 is 1.80 bits per heavy atom. The van der Waals surface area contributed by atoms with E-state index >= 15 is 0 Å². The Hall–Kier alpha value is -2.11. The van der Waals surface area contributed by atoms with Crippen LogP contribution in [0.5, 0.6) is 11.5 Å². The molecule has 1 saturated heterocycles. The third-order valence-electron chi connectivity index (χ3n) is 5.37. The number of aliphatic hydroxyl groups excluding tert-OH is 1.